The van der Waals surface area contributed by atoms with Gasteiger partial charge in [0.2, 0.25) is 0 Å². The van der Waals surface area contributed by atoms with E-state index in [1.165, 1.54) is 23.9 Å². The molecule has 6 rings (SSSR count). The van der Waals surface area contributed by atoms with Gasteiger partial charge in [0.05, 0.1) is 17.4 Å². The molecular formula is C31H34FNO4S. The Labute approximate surface area is 226 Å². The highest BCUT2D eigenvalue weighted by Crippen LogP contribution is 2.70. The molecule has 0 saturated heterocycles. The summed E-state index contributed by atoms with van der Waals surface area (Å²) >= 11 is 1.36. The minimum atomic E-state index is -1.98. The van der Waals surface area contributed by atoms with E-state index >= 15 is 4.39 Å². The van der Waals surface area contributed by atoms with Crippen LogP contribution in [0.25, 0.3) is 10.9 Å². The molecule has 3 fully saturated rings. The van der Waals surface area contributed by atoms with Crippen LogP contribution in [0.5, 0.6) is 0 Å². The largest absolute Gasteiger partial charge is 0.390 e. The Bertz CT molecular complexity index is 1400. The Hall–Kier alpha value is -2.35. The maximum Gasteiger partial charge on any atom is 0.178 e. The van der Waals surface area contributed by atoms with Crippen molar-refractivity contribution in [3.05, 3.63) is 60.3 Å². The Morgan fingerprint density at radius 2 is 1.97 bits per heavy atom. The molecular weight excluding hydrogens is 501 g/mol. The Morgan fingerprint density at radius 1 is 1.21 bits per heavy atom. The van der Waals surface area contributed by atoms with E-state index in [2.05, 4.69) is 4.98 Å². The lowest BCUT2D eigenvalue weighted by molar-refractivity contribution is -0.218. The fraction of sp³-hybridized carbons (Fsp3) is 0.516. The third kappa shape index (κ3) is 3.21. The average molecular weight is 536 g/mol. The number of nitrogens with zero attached hydrogens (tertiary/aromatic N) is 1. The summed E-state index contributed by atoms with van der Waals surface area (Å²) in [4.78, 5) is 31.3. The van der Waals surface area contributed by atoms with Gasteiger partial charge in [0.1, 0.15) is 5.60 Å². The molecule has 0 amide bonds. The van der Waals surface area contributed by atoms with Gasteiger partial charge in [-0.15, -0.1) is 11.8 Å². The lowest BCUT2D eigenvalue weighted by Crippen LogP contribution is -2.69. The maximum absolute atomic E-state index is 17.3. The molecule has 5 nitrogen and oxygen atoms in total. The number of halogens is 1. The number of ketones is 2. The van der Waals surface area contributed by atoms with Crippen molar-refractivity contribution in [2.75, 3.05) is 5.75 Å². The molecule has 4 aliphatic rings. The molecule has 4 aliphatic carbocycles. The smallest absolute Gasteiger partial charge is 0.178 e. The predicted molar refractivity (Wildman–Crippen MR) is 145 cm³/mol. The minimum Gasteiger partial charge on any atom is -0.390 e. The van der Waals surface area contributed by atoms with E-state index in [1.807, 2.05) is 44.2 Å². The van der Waals surface area contributed by atoms with Crippen LogP contribution in [-0.2, 0) is 9.59 Å². The van der Waals surface area contributed by atoms with E-state index in [-0.39, 0.29) is 35.6 Å². The number of fused-ring (bicyclic) bond motifs is 6. The number of hydrogen-bond acceptors (Lipinski definition) is 6. The van der Waals surface area contributed by atoms with E-state index in [9.17, 15) is 19.8 Å². The molecule has 0 aliphatic heterocycles. The van der Waals surface area contributed by atoms with Crippen LogP contribution in [0.3, 0.4) is 0 Å². The van der Waals surface area contributed by atoms with Gasteiger partial charge in [-0.25, -0.2) is 4.39 Å². The number of thioether (sulfide) groups is 1. The number of pyridine rings is 1. The van der Waals surface area contributed by atoms with Gasteiger partial charge >= 0.3 is 0 Å². The second kappa shape index (κ2) is 8.57. The Balaban J connectivity index is 1.32. The number of aliphatic hydroxyl groups excluding tert-OH is 1. The van der Waals surface area contributed by atoms with Gasteiger partial charge in [-0.05, 0) is 68.7 Å². The molecule has 1 aromatic carbocycles. The van der Waals surface area contributed by atoms with E-state index in [1.54, 1.807) is 19.2 Å². The number of aromatic nitrogens is 1. The van der Waals surface area contributed by atoms with Gasteiger partial charge in [-0.1, -0.05) is 43.7 Å². The van der Waals surface area contributed by atoms with Crippen LogP contribution in [-0.4, -0.2) is 49.9 Å². The summed E-state index contributed by atoms with van der Waals surface area (Å²) in [7, 11) is 0. The van der Waals surface area contributed by atoms with E-state index in [4.69, 9.17) is 0 Å². The standard InChI is InChI=1S/C31H34FNO4S/c1-18-14-23-22-10-9-20-15-21(34)11-12-28(20,2)30(22,32)25(35)16-29(23,3)31(18,37)26(36)17-38-24-8-4-6-19-7-5-13-33-27(19)24/h4-8,11-13,15,18,22-23,25,35,37H,9-10,14,16-17H2,1-3H3/t18-,22?,23?,25+,28?,29?,30+,31+/m1/s1. The monoisotopic (exact) mass is 535 g/mol. The first-order valence-corrected chi connectivity index (χ1v) is 14.5. The molecule has 8 atom stereocenters. The number of carbonyl (C=O) groups excluding carboxylic acids is 2. The first kappa shape index (κ1) is 25.9. The second-order valence-electron chi connectivity index (χ2n) is 12.2. The SMILES string of the molecule is C[C@@H]1CC2C3CCC4=CC(=O)C=CC4(C)[C@@]3(F)[C@@H](O)CC2(C)[C@@]1(O)C(=O)CSc1cccc2cccnc12. The number of carbonyl (C=O) groups is 2. The number of rotatable bonds is 4. The summed E-state index contributed by atoms with van der Waals surface area (Å²) in [5, 5.41) is 24.7. The van der Waals surface area contributed by atoms with Crippen LogP contribution in [0.2, 0.25) is 0 Å². The number of benzene rings is 1. The Kier molecular flexibility index (Phi) is 5.84. The summed E-state index contributed by atoms with van der Waals surface area (Å²) in [6.45, 7) is 5.54. The number of Topliss-reactive ketones (excluding diaryl/α,β-unsaturated/α-hetero) is 1. The van der Waals surface area contributed by atoms with Crippen molar-refractivity contribution in [1.82, 2.24) is 4.98 Å². The molecule has 0 radical (unpaired) electrons. The highest BCUT2D eigenvalue weighted by Gasteiger charge is 2.75. The van der Waals surface area contributed by atoms with Crippen LogP contribution < -0.4 is 0 Å². The van der Waals surface area contributed by atoms with Gasteiger partial charge < -0.3 is 10.2 Å². The number of allylic oxidation sites excluding steroid dienone is 4. The van der Waals surface area contributed by atoms with Crippen molar-refractivity contribution >= 4 is 34.2 Å². The lowest BCUT2D eigenvalue weighted by atomic mass is 9.44. The van der Waals surface area contributed by atoms with Gasteiger partial charge in [0.25, 0.3) is 0 Å². The Morgan fingerprint density at radius 3 is 2.76 bits per heavy atom. The van der Waals surface area contributed by atoms with Crippen LogP contribution in [0.15, 0.2) is 65.2 Å². The van der Waals surface area contributed by atoms with Crippen LogP contribution >= 0.6 is 11.8 Å². The van der Waals surface area contributed by atoms with E-state index in [0.717, 1.165) is 21.4 Å². The number of hydrogen-bond donors (Lipinski definition) is 2. The molecule has 0 bridgehead atoms. The molecule has 200 valence electrons. The number of alkyl halides is 1. The topological polar surface area (TPSA) is 87.5 Å². The minimum absolute atomic E-state index is 0.0115. The first-order chi connectivity index (χ1) is 18.0. The summed E-state index contributed by atoms with van der Waals surface area (Å²) < 4.78 is 17.3. The van der Waals surface area contributed by atoms with Crippen LogP contribution in [0, 0.1) is 28.6 Å². The zero-order chi connectivity index (χ0) is 27.1. The first-order valence-electron chi connectivity index (χ1n) is 13.5. The maximum atomic E-state index is 17.3. The number of aliphatic hydroxyl groups is 2. The number of para-hydroxylation sites is 1. The third-order valence-electron chi connectivity index (χ3n) is 10.6. The zero-order valence-electron chi connectivity index (χ0n) is 22.0. The van der Waals surface area contributed by atoms with Gasteiger partial charge in [0.15, 0.2) is 17.2 Å². The average Bonchev–Trinajstić information content (AvgIpc) is 3.10. The van der Waals surface area contributed by atoms with Crippen molar-refractivity contribution in [2.45, 2.75) is 68.7 Å². The molecule has 7 heteroatoms. The van der Waals surface area contributed by atoms with E-state index in [0.29, 0.717) is 19.3 Å². The third-order valence-corrected chi connectivity index (χ3v) is 11.6. The molecule has 1 aromatic heterocycles. The van der Waals surface area contributed by atoms with Crippen molar-refractivity contribution in [1.29, 1.82) is 0 Å². The predicted octanol–water partition coefficient (Wildman–Crippen LogP) is 5.24. The molecule has 3 saturated carbocycles. The second-order valence-corrected chi connectivity index (χ2v) is 13.2. The fourth-order valence-electron chi connectivity index (χ4n) is 8.59. The van der Waals surface area contributed by atoms with Crippen molar-refractivity contribution in [3.63, 3.8) is 0 Å². The van der Waals surface area contributed by atoms with Gasteiger partial charge in [0, 0.05) is 33.2 Å². The molecule has 38 heavy (non-hydrogen) atoms. The molecule has 4 unspecified atom stereocenters. The van der Waals surface area contributed by atoms with Crippen LogP contribution in [0.4, 0.5) is 4.39 Å². The summed E-state index contributed by atoms with van der Waals surface area (Å²) in [6, 6.07) is 9.68. The zero-order valence-corrected chi connectivity index (χ0v) is 22.8. The van der Waals surface area contributed by atoms with Crippen molar-refractivity contribution in [3.8, 4) is 0 Å². The van der Waals surface area contributed by atoms with Gasteiger partial charge in [-0.2, -0.15) is 0 Å². The fourth-order valence-corrected chi connectivity index (χ4v) is 9.58. The summed E-state index contributed by atoms with van der Waals surface area (Å²) in [6.07, 6.45) is 6.45. The molecule has 2 N–H and O–H groups in total. The molecule has 1 heterocycles. The van der Waals surface area contributed by atoms with Crippen LogP contribution in [0.1, 0.15) is 46.5 Å². The molecule has 2 aromatic rings. The summed E-state index contributed by atoms with van der Waals surface area (Å²) in [5.74, 6) is -1.54. The van der Waals surface area contributed by atoms with Gasteiger partial charge in [-0.3, -0.25) is 14.6 Å². The highest BCUT2D eigenvalue weighted by atomic mass is 32.2. The highest BCUT2D eigenvalue weighted by molar-refractivity contribution is 8.00. The van der Waals surface area contributed by atoms with Crippen molar-refractivity contribution < 1.29 is 24.2 Å². The normalized spacial score (nSPS) is 41.8. The summed E-state index contributed by atoms with van der Waals surface area (Å²) in [5.41, 5.74) is -4.17. The van der Waals surface area contributed by atoms with E-state index < -0.39 is 34.1 Å². The van der Waals surface area contributed by atoms with Crippen molar-refractivity contribution in [2.24, 2.45) is 28.6 Å². The molecule has 0 spiro atoms. The quantitative estimate of drug-likeness (QED) is 0.521. The lowest BCUT2D eigenvalue weighted by Gasteiger charge is -2.62.